The van der Waals surface area contributed by atoms with Crippen LogP contribution in [0.4, 0.5) is 0 Å². The van der Waals surface area contributed by atoms with Gasteiger partial charge >= 0.3 is 5.97 Å². The minimum Gasteiger partial charge on any atom is -0.478 e. The van der Waals surface area contributed by atoms with Crippen molar-refractivity contribution in [2.75, 3.05) is 0 Å². The Hall–Kier alpha value is -1.10. The van der Waals surface area contributed by atoms with Crippen molar-refractivity contribution in [1.82, 2.24) is 4.90 Å². The molecule has 5 heteroatoms. The molecule has 0 saturated heterocycles. The van der Waals surface area contributed by atoms with Gasteiger partial charge in [-0.2, -0.15) is 0 Å². The number of rotatable bonds is 7. The van der Waals surface area contributed by atoms with Crippen LogP contribution in [0.5, 0.6) is 0 Å². The Morgan fingerprint density at radius 3 is 2.32 bits per heavy atom. The molecule has 0 spiro atoms. The van der Waals surface area contributed by atoms with Crippen molar-refractivity contribution in [3.63, 3.8) is 0 Å². The first-order valence-corrected chi connectivity index (χ1v) is 14.3. The smallest absolute Gasteiger partial charge is 0.357 e. The molecule has 2 N–H and O–H groups in total. The van der Waals surface area contributed by atoms with E-state index in [9.17, 15) is 19.8 Å². The third-order valence-corrected chi connectivity index (χ3v) is 11.3. The van der Waals surface area contributed by atoms with Crippen LogP contribution < -0.4 is 0 Å². The highest BCUT2D eigenvalue weighted by Gasteiger charge is 2.63. The summed E-state index contributed by atoms with van der Waals surface area (Å²) >= 11 is 0. The van der Waals surface area contributed by atoms with Crippen LogP contribution in [0.25, 0.3) is 0 Å². The third kappa shape index (κ3) is 3.83. The number of amides is 1. The topological polar surface area (TPSA) is 77.8 Å². The number of aliphatic carboxylic acids is 1. The lowest BCUT2D eigenvalue weighted by Crippen LogP contribution is -2.66. The number of aliphatic hydroxyl groups is 1. The molecule has 4 aliphatic rings. The molecule has 7 unspecified atom stereocenters. The summed E-state index contributed by atoms with van der Waals surface area (Å²) in [5, 5.41) is 21.8. The van der Waals surface area contributed by atoms with Crippen molar-refractivity contribution < 1.29 is 19.8 Å². The minimum absolute atomic E-state index is 0.126. The van der Waals surface area contributed by atoms with Crippen LogP contribution in [0, 0.1) is 40.4 Å². The van der Waals surface area contributed by atoms with Crippen molar-refractivity contribution >= 4 is 11.9 Å². The number of fused-ring (bicyclic) bond motifs is 5. The summed E-state index contributed by atoms with van der Waals surface area (Å²) in [5.74, 6) is 0.771. The van der Waals surface area contributed by atoms with Crippen molar-refractivity contribution in [2.24, 2.45) is 40.4 Å². The molecule has 0 aromatic heterocycles. The van der Waals surface area contributed by atoms with Crippen LogP contribution in [0.15, 0.2) is 0 Å². The van der Waals surface area contributed by atoms with Gasteiger partial charge in [-0.25, -0.2) is 4.79 Å². The molecular formula is C29H49NO4. The predicted molar refractivity (Wildman–Crippen MR) is 134 cm³/mol. The van der Waals surface area contributed by atoms with Gasteiger partial charge < -0.3 is 15.1 Å². The van der Waals surface area contributed by atoms with Gasteiger partial charge in [-0.05, 0) is 92.3 Å². The lowest BCUT2D eigenvalue weighted by atomic mass is 9.45. The van der Waals surface area contributed by atoms with E-state index >= 15 is 0 Å². The first-order chi connectivity index (χ1) is 16.0. The molecule has 1 amide bonds. The summed E-state index contributed by atoms with van der Waals surface area (Å²) in [6, 6.07) is -0.205. The van der Waals surface area contributed by atoms with Gasteiger partial charge in [0, 0.05) is 18.4 Å². The van der Waals surface area contributed by atoms with Crippen LogP contribution in [-0.4, -0.2) is 38.8 Å². The lowest BCUT2D eigenvalue weighted by molar-refractivity contribution is -0.213. The molecule has 34 heavy (non-hydrogen) atoms. The predicted octanol–water partition coefficient (Wildman–Crippen LogP) is 6.24. The quantitative estimate of drug-likeness (QED) is 0.428. The second-order valence-corrected chi connectivity index (χ2v) is 13.1. The van der Waals surface area contributed by atoms with E-state index in [-0.39, 0.29) is 17.4 Å². The van der Waals surface area contributed by atoms with Crippen LogP contribution in [0.2, 0.25) is 0 Å². The maximum atomic E-state index is 13.6. The summed E-state index contributed by atoms with van der Waals surface area (Å²) in [6.07, 6.45) is 14.1. The molecule has 5 nitrogen and oxygen atoms in total. The molecule has 0 radical (unpaired) electrons. The number of nitrogens with zero attached hydrogens (tertiary/aromatic N) is 1. The fraction of sp³-hybridized carbons (Fsp3) is 0.931. The number of unbranched alkanes of at least 4 members (excludes halogenated alkanes) is 1. The van der Waals surface area contributed by atoms with E-state index in [4.69, 9.17) is 0 Å². The average molecular weight is 476 g/mol. The maximum absolute atomic E-state index is 13.6. The normalized spacial score (nSPS) is 41.2. The highest BCUT2D eigenvalue weighted by atomic mass is 16.4. The van der Waals surface area contributed by atoms with Gasteiger partial charge in [0.15, 0.2) is 0 Å². The standard InChI is InChI=1S/C29H49NO4/c1-6-7-11-25(31)30(29(34,19(2)3)26(32)33)24-15-14-22-21-13-12-20-10-8-9-17-27(20,4)23(21)16-18-28(22,24)5/h19-24,34H,6-18H2,1-5H3,(H,32,33)/t20?,21?,22?,23?,24?,27?,28?,29-/m0/s1. The Kier molecular flexibility index (Phi) is 7.19. The van der Waals surface area contributed by atoms with Gasteiger partial charge in [-0.1, -0.05) is 53.9 Å². The van der Waals surface area contributed by atoms with Gasteiger partial charge in [-0.15, -0.1) is 0 Å². The average Bonchev–Trinajstić information content (AvgIpc) is 3.13. The maximum Gasteiger partial charge on any atom is 0.357 e. The van der Waals surface area contributed by atoms with Gasteiger partial charge in [0.2, 0.25) is 11.6 Å². The second kappa shape index (κ2) is 9.41. The van der Waals surface area contributed by atoms with Crippen LogP contribution >= 0.6 is 0 Å². The zero-order chi connectivity index (χ0) is 24.9. The Balaban J connectivity index is 1.67. The number of carbonyl (C=O) groups excluding carboxylic acids is 1. The first kappa shape index (κ1) is 26.0. The van der Waals surface area contributed by atoms with Crippen LogP contribution in [0.3, 0.4) is 0 Å². The molecule has 194 valence electrons. The minimum atomic E-state index is -2.16. The van der Waals surface area contributed by atoms with Crippen molar-refractivity contribution in [3.8, 4) is 0 Å². The molecule has 4 fully saturated rings. The molecule has 4 rings (SSSR count). The summed E-state index contributed by atoms with van der Waals surface area (Å²) in [7, 11) is 0. The number of carboxylic acids is 1. The molecule has 8 atom stereocenters. The fourth-order valence-corrected chi connectivity index (χ4v) is 9.37. The summed E-state index contributed by atoms with van der Waals surface area (Å²) < 4.78 is 0. The molecule has 0 aliphatic heterocycles. The fourth-order valence-electron chi connectivity index (χ4n) is 9.37. The summed E-state index contributed by atoms with van der Waals surface area (Å²) in [4.78, 5) is 27.5. The zero-order valence-electron chi connectivity index (χ0n) is 22.3. The van der Waals surface area contributed by atoms with Gasteiger partial charge in [-0.3, -0.25) is 4.79 Å². The zero-order valence-corrected chi connectivity index (χ0v) is 22.3. The van der Waals surface area contributed by atoms with E-state index in [0.717, 1.165) is 43.9 Å². The van der Waals surface area contributed by atoms with Gasteiger partial charge in [0.05, 0.1) is 0 Å². The van der Waals surface area contributed by atoms with E-state index in [0.29, 0.717) is 23.7 Å². The molecular weight excluding hydrogens is 426 g/mol. The molecule has 0 heterocycles. The van der Waals surface area contributed by atoms with Crippen molar-refractivity contribution in [1.29, 1.82) is 0 Å². The summed E-state index contributed by atoms with van der Waals surface area (Å²) in [5.41, 5.74) is -1.83. The highest BCUT2D eigenvalue weighted by molar-refractivity contribution is 5.86. The summed E-state index contributed by atoms with van der Waals surface area (Å²) in [6.45, 7) is 10.4. The van der Waals surface area contributed by atoms with E-state index < -0.39 is 17.6 Å². The SMILES string of the molecule is CCCCC(=O)N(C1CCC2C3CCC4CCCCC4(C)C3CCC21C)[C@@](O)(C(=O)O)C(C)C. The van der Waals surface area contributed by atoms with Gasteiger partial charge in [0.1, 0.15) is 0 Å². The van der Waals surface area contributed by atoms with Gasteiger partial charge in [0.25, 0.3) is 0 Å². The van der Waals surface area contributed by atoms with Crippen LogP contribution in [-0.2, 0) is 9.59 Å². The number of hydrogen-bond acceptors (Lipinski definition) is 3. The Bertz CT molecular complexity index is 782. The molecule has 0 aromatic rings. The first-order valence-electron chi connectivity index (χ1n) is 14.3. The molecule has 0 bridgehead atoms. The van der Waals surface area contributed by atoms with Crippen molar-refractivity contribution in [3.05, 3.63) is 0 Å². The highest BCUT2D eigenvalue weighted by Crippen LogP contribution is 2.67. The number of carboxylic acid groups (broad SMARTS) is 1. The van der Waals surface area contributed by atoms with Crippen molar-refractivity contribution in [2.45, 2.75) is 130 Å². The monoisotopic (exact) mass is 475 g/mol. The lowest BCUT2D eigenvalue weighted by Gasteiger charge is -2.61. The Labute approximate surface area is 207 Å². The third-order valence-electron chi connectivity index (χ3n) is 11.3. The number of hydrogen-bond donors (Lipinski definition) is 2. The number of carbonyl (C=O) groups is 2. The van der Waals surface area contributed by atoms with Crippen LogP contribution in [0.1, 0.15) is 118 Å². The Morgan fingerprint density at radius 2 is 1.68 bits per heavy atom. The molecule has 4 aliphatic carbocycles. The van der Waals surface area contributed by atoms with E-state index in [1.807, 2.05) is 6.92 Å². The van der Waals surface area contributed by atoms with E-state index in [1.54, 1.807) is 13.8 Å². The van der Waals surface area contributed by atoms with E-state index in [1.165, 1.54) is 49.8 Å². The molecule has 4 saturated carbocycles. The molecule has 0 aromatic carbocycles. The largest absolute Gasteiger partial charge is 0.478 e. The van der Waals surface area contributed by atoms with E-state index in [2.05, 4.69) is 13.8 Å². The Morgan fingerprint density at radius 1 is 0.971 bits per heavy atom. The second-order valence-electron chi connectivity index (χ2n) is 13.1.